The Morgan fingerprint density at radius 3 is 2.19 bits per heavy atom. The van der Waals surface area contributed by atoms with Crippen molar-refractivity contribution in [3.05, 3.63) is 0 Å². The van der Waals surface area contributed by atoms with Crippen molar-refractivity contribution in [1.82, 2.24) is 0 Å². The second-order valence-electron chi connectivity index (χ2n) is 9.01. The van der Waals surface area contributed by atoms with Crippen LogP contribution in [-0.4, -0.2) is 17.8 Å². The van der Waals surface area contributed by atoms with E-state index in [1.54, 1.807) is 0 Å². The Labute approximate surface area is 131 Å². The summed E-state index contributed by atoms with van der Waals surface area (Å²) in [5.74, 6) is 2.10. The molecule has 2 aliphatic rings. The van der Waals surface area contributed by atoms with Crippen LogP contribution in [0, 0.1) is 28.6 Å². The highest BCUT2D eigenvalue weighted by atomic mass is 16.3. The molecule has 3 unspecified atom stereocenters. The van der Waals surface area contributed by atoms with E-state index in [4.69, 9.17) is 5.73 Å². The van der Waals surface area contributed by atoms with E-state index in [2.05, 4.69) is 27.7 Å². The van der Waals surface area contributed by atoms with Crippen LogP contribution >= 0.6 is 0 Å². The van der Waals surface area contributed by atoms with Crippen molar-refractivity contribution in [3.8, 4) is 0 Å². The molecule has 0 aliphatic heterocycles. The van der Waals surface area contributed by atoms with Crippen molar-refractivity contribution >= 4 is 0 Å². The summed E-state index contributed by atoms with van der Waals surface area (Å²) >= 11 is 0. The maximum Gasteiger partial charge on any atom is 0.0636 e. The average molecular weight is 296 g/mol. The van der Waals surface area contributed by atoms with Gasteiger partial charge in [0, 0.05) is 12.0 Å². The highest BCUT2D eigenvalue weighted by Crippen LogP contribution is 2.50. The quantitative estimate of drug-likeness (QED) is 0.809. The van der Waals surface area contributed by atoms with E-state index in [-0.39, 0.29) is 11.5 Å². The van der Waals surface area contributed by atoms with Gasteiger partial charge in [0.1, 0.15) is 0 Å². The summed E-state index contributed by atoms with van der Waals surface area (Å²) in [7, 11) is 0. The molecule has 0 aromatic heterocycles. The molecule has 2 saturated carbocycles. The number of nitrogens with two attached hydrogens (primary N) is 1. The number of aliphatic hydroxyl groups is 1. The van der Waals surface area contributed by atoms with Crippen molar-refractivity contribution in [2.24, 2.45) is 34.3 Å². The van der Waals surface area contributed by atoms with Gasteiger partial charge in [-0.1, -0.05) is 34.1 Å². The molecule has 2 rings (SSSR count). The van der Waals surface area contributed by atoms with Gasteiger partial charge >= 0.3 is 0 Å². The molecule has 2 fully saturated rings. The Balaban J connectivity index is 1.96. The number of aliphatic hydroxyl groups excluding tert-OH is 1. The van der Waals surface area contributed by atoms with E-state index in [1.807, 2.05) is 0 Å². The number of rotatable bonds is 4. The first kappa shape index (κ1) is 17.3. The van der Waals surface area contributed by atoms with Gasteiger partial charge in [0.05, 0.1) is 6.10 Å². The summed E-state index contributed by atoms with van der Waals surface area (Å²) in [6.45, 7) is 10.0. The molecule has 3 atom stereocenters. The minimum Gasteiger partial charge on any atom is -0.392 e. The van der Waals surface area contributed by atoms with Crippen LogP contribution in [0.5, 0.6) is 0 Å². The van der Waals surface area contributed by atoms with E-state index in [1.165, 1.54) is 38.5 Å². The third-order valence-electron chi connectivity index (χ3n) is 6.80. The maximum absolute atomic E-state index is 11.0. The zero-order valence-corrected chi connectivity index (χ0v) is 14.7. The number of hydrogen-bond acceptors (Lipinski definition) is 2. The predicted molar refractivity (Wildman–Crippen MR) is 90.0 cm³/mol. The Bertz CT molecular complexity index is 327. The molecule has 0 heterocycles. The molecule has 3 N–H and O–H groups in total. The molecule has 0 amide bonds. The van der Waals surface area contributed by atoms with Gasteiger partial charge in [0.15, 0.2) is 0 Å². The Morgan fingerprint density at radius 1 is 1.14 bits per heavy atom. The minimum atomic E-state index is -0.167. The van der Waals surface area contributed by atoms with Crippen LogP contribution < -0.4 is 5.73 Å². The highest BCUT2D eigenvalue weighted by Gasteiger charge is 2.46. The van der Waals surface area contributed by atoms with E-state index in [0.717, 1.165) is 24.7 Å². The van der Waals surface area contributed by atoms with E-state index in [9.17, 15) is 5.11 Å². The van der Waals surface area contributed by atoms with Gasteiger partial charge in [0.25, 0.3) is 0 Å². The lowest BCUT2D eigenvalue weighted by Crippen LogP contribution is -2.45. The second-order valence-corrected chi connectivity index (χ2v) is 9.01. The van der Waals surface area contributed by atoms with Crippen molar-refractivity contribution < 1.29 is 5.11 Å². The molecule has 2 nitrogen and oxygen atoms in total. The maximum atomic E-state index is 11.0. The molecule has 0 spiro atoms. The molecule has 0 radical (unpaired) electrons. The first-order chi connectivity index (χ1) is 9.82. The second kappa shape index (κ2) is 6.58. The summed E-state index contributed by atoms with van der Waals surface area (Å²) in [5, 5.41) is 11.0. The van der Waals surface area contributed by atoms with Crippen LogP contribution in [0.15, 0.2) is 0 Å². The van der Waals surface area contributed by atoms with Crippen molar-refractivity contribution in [3.63, 3.8) is 0 Å². The lowest BCUT2D eigenvalue weighted by molar-refractivity contribution is -0.0358. The molecule has 2 heteroatoms. The fourth-order valence-corrected chi connectivity index (χ4v) is 4.99. The first-order valence-electron chi connectivity index (χ1n) is 9.20. The van der Waals surface area contributed by atoms with Gasteiger partial charge in [-0.3, -0.25) is 0 Å². The third-order valence-corrected chi connectivity index (χ3v) is 6.80. The van der Waals surface area contributed by atoms with Gasteiger partial charge in [-0.2, -0.15) is 0 Å². The largest absolute Gasteiger partial charge is 0.392 e. The van der Waals surface area contributed by atoms with Crippen LogP contribution in [0.4, 0.5) is 0 Å². The summed E-state index contributed by atoms with van der Waals surface area (Å²) in [4.78, 5) is 0. The van der Waals surface area contributed by atoms with Crippen LogP contribution in [0.1, 0.15) is 79.1 Å². The van der Waals surface area contributed by atoms with Gasteiger partial charge in [-0.25, -0.2) is 0 Å². The Morgan fingerprint density at radius 2 is 1.76 bits per heavy atom. The normalized spacial score (nSPS) is 39.4. The highest BCUT2D eigenvalue weighted by molar-refractivity contribution is 4.98. The fourth-order valence-electron chi connectivity index (χ4n) is 4.99. The zero-order chi connectivity index (χ0) is 15.7. The van der Waals surface area contributed by atoms with Crippen LogP contribution in [0.2, 0.25) is 0 Å². The first-order valence-corrected chi connectivity index (χ1v) is 9.20. The van der Waals surface area contributed by atoms with Crippen LogP contribution in [0.3, 0.4) is 0 Å². The summed E-state index contributed by atoms with van der Waals surface area (Å²) < 4.78 is 0. The van der Waals surface area contributed by atoms with E-state index in [0.29, 0.717) is 17.9 Å². The molecular formula is C19H37NO. The summed E-state index contributed by atoms with van der Waals surface area (Å²) in [6.07, 6.45) is 9.59. The summed E-state index contributed by atoms with van der Waals surface area (Å²) in [6, 6.07) is 0. The lowest BCUT2D eigenvalue weighted by Gasteiger charge is -2.43. The summed E-state index contributed by atoms with van der Waals surface area (Å²) in [5.41, 5.74) is 6.58. The van der Waals surface area contributed by atoms with Crippen LogP contribution in [-0.2, 0) is 0 Å². The van der Waals surface area contributed by atoms with Crippen molar-refractivity contribution in [2.75, 3.05) is 6.54 Å². The molecule has 2 aliphatic carbocycles. The SMILES string of the molecule is CCC1CCC(CN)(C(O)C2CCC(C(C)(C)C)CC2)C1. The van der Waals surface area contributed by atoms with Gasteiger partial charge in [-0.15, -0.1) is 0 Å². The predicted octanol–water partition coefficient (Wildman–Crippen LogP) is 4.36. The van der Waals surface area contributed by atoms with Gasteiger partial charge < -0.3 is 10.8 Å². The standard InChI is InChI=1S/C19H37NO/c1-5-14-10-11-19(12-14,13-20)17(21)15-6-8-16(9-7-15)18(2,3)4/h14-17,21H,5-13,20H2,1-4H3. The molecule has 0 bridgehead atoms. The average Bonchev–Trinajstić information content (AvgIpc) is 2.90. The van der Waals surface area contributed by atoms with E-state index < -0.39 is 0 Å². The third kappa shape index (κ3) is 3.64. The Kier molecular flexibility index (Phi) is 5.41. The topological polar surface area (TPSA) is 46.2 Å². The zero-order valence-electron chi connectivity index (χ0n) is 14.7. The molecular weight excluding hydrogens is 258 g/mol. The van der Waals surface area contributed by atoms with Gasteiger partial charge in [0.2, 0.25) is 0 Å². The van der Waals surface area contributed by atoms with Crippen molar-refractivity contribution in [1.29, 1.82) is 0 Å². The number of hydrogen-bond donors (Lipinski definition) is 2. The molecule has 21 heavy (non-hydrogen) atoms. The van der Waals surface area contributed by atoms with E-state index >= 15 is 0 Å². The molecule has 0 saturated heterocycles. The van der Waals surface area contributed by atoms with Gasteiger partial charge in [-0.05, 0) is 68.1 Å². The fraction of sp³-hybridized carbons (Fsp3) is 1.00. The molecule has 124 valence electrons. The Hall–Kier alpha value is -0.0800. The van der Waals surface area contributed by atoms with Crippen LogP contribution in [0.25, 0.3) is 0 Å². The monoisotopic (exact) mass is 295 g/mol. The smallest absolute Gasteiger partial charge is 0.0636 e. The minimum absolute atomic E-state index is 0.0277. The van der Waals surface area contributed by atoms with Crippen molar-refractivity contribution in [2.45, 2.75) is 85.2 Å². The molecule has 0 aromatic carbocycles. The lowest BCUT2D eigenvalue weighted by atomic mass is 9.65. The molecule has 0 aromatic rings.